The van der Waals surface area contributed by atoms with Crippen molar-refractivity contribution in [3.63, 3.8) is 0 Å². The van der Waals surface area contributed by atoms with Gasteiger partial charge in [0.25, 0.3) is 0 Å². The number of rotatable bonds is 4. The van der Waals surface area contributed by atoms with Crippen LogP contribution in [0.1, 0.15) is 13.3 Å². The van der Waals surface area contributed by atoms with Crippen LogP contribution in [0.4, 0.5) is 0 Å². The van der Waals surface area contributed by atoms with E-state index in [0.717, 1.165) is 17.1 Å². The molecule has 2 nitrogen and oxygen atoms in total. The summed E-state index contributed by atoms with van der Waals surface area (Å²) in [6.07, 6.45) is 1.18. The third-order valence-electron chi connectivity index (χ3n) is 1.56. The van der Waals surface area contributed by atoms with E-state index >= 15 is 0 Å². The molecule has 0 spiro atoms. The quantitative estimate of drug-likeness (QED) is 0.503. The maximum absolute atomic E-state index is 5.15. The second kappa shape index (κ2) is 4.96. The molecule has 0 aromatic carbocycles. The van der Waals surface area contributed by atoms with Gasteiger partial charge in [-0.2, -0.15) is 0 Å². The second-order valence-corrected chi connectivity index (χ2v) is 3.06. The molecule has 0 aromatic heterocycles. The maximum Gasteiger partial charge on any atom is 0.146 e. The first-order valence-electron chi connectivity index (χ1n) is 3.37. The van der Waals surface area contributed by atoms with E-state index in [-0.39, 0.29) is 0 Å². The standard InChI is InChI=1S/C6H17NOSi/c1-4-6(5-8-9)7(2)3/h6H,4-5H2,1-3,9H3. The van der Waals surface area contributed by atoms with Gasteiger partial charge in [0.1, 0.15) is 10.5 Å². The van der Waals surface area contributed by atoms with Crippen LogP contribution in [-0.4, -0.2) is 42.1 Å². The summed E-state index contributed by atoms with van der Waals surface area (Å²) in [5.41, 5.74) is 0. The molecule has 0 aromatic rings. The summed E-state index contributed by atoms with van der Waals surface area (Å²) in [4.78, 5) is 2.21. The van der Waals surface area contributed by atoms with Gasteiger partial charge < -0.3 is 9.33 Å². The van der Waals surface area contributed by atoms with E-state index in [1.807, 2.05) is 0 Å². The fourth-order valence-corrected chi connectivity index (χ4v) is 1.21. The summed E-state index contributed by atoms with van der Waals surface area (Å²) in [6, 6.07) is 0.613. The van der Waals surface area contributed by atoms with Crippen LogP contribution in [0.5, 0.6) is 0 Å². The molecule has 0 saturated carbocycles. The highest BCUT2D eigenvalue weighted by Crippen LogP contribution is 1.97. The first-order chi connectivity index (χ1) is 4.22. The van der Waals surface area contributed by atoms with Crippen LogP contribution in [-0.2, 0) is 4.43 Å². The summed E-state index contributed by atoms with van der Waals surface area (Å²) in [7, 11) is 5.04. The molecule has 0 amide bonds. The predicted octanol–water partition coefficient (Wildman–Crippen LogP) is -0.376. The fourth-order valence-electron chi connectivity index (χ4n) is 0.824. The van der Waals surface area contributed by atoms with Crippen molar-refractivity contribution in [2.75, 3.05) is 20.7 Å². The lowest BCUT2D eigenvalue weighted by Gasteiger charge is -2.21. The predicted molar refractivity (Wildman–Crippen MR) is 43.7 cm³/mol. The van der Waals surface area contributed by atoms with Gasteiger partial charge in [-0.25, -0.2) is 0 Å². The number of likely N-dealkylation sites (N-methyl/N-ethyl adjacent to an activating group) is 1. The molecular weight excluding hydrogens is 130 g/mol. The van der Waals surface area contributed by atoms with E-state index in [1.54, 1.807) is 0 Å². The molecular formula is C6H17NOSi. The summed E-state index contributed by atoms with van der Waals surface area (Å²) in [5.74, 6) is 0. The Balaban J connectivity index is 3.41. The van der Waals surface area contributed by atoms with Gasteiger partial charge in [0, 0.05) is 12.6 Å². The fraction of sp³-hybridized carbons (Fsp3) is 1.00. The van der Waals surface area contributed by atoms with Crippen LogP contribution < -0.4 is 0 Å². The van der Waals surface area contributed by atoms with Crippen LogP contribution in [0.3, 0.4) is 0 Å². The van der Waals surface area contributed by atoms with Gasteiger partial charge >= 0.3 is 0 Å². The van der Waals surface area contributed by atoms with Gasteiger partial charge in [-0.3, -0.25) is 0 Å². The summed E-state index contributed by atoms with van der Waals surface area (Å²) in [5, 5.41) is 0. The van der Waals surface area contributed by atoms with Gasteiger partial charge in [-0.1, -0.05) is 6.92 Å². The van der Waals surface area contributed by atoms with E-state index in [0.29, 0.717) is 6.04 Å². The third-order valence-corrected chi connectivity index (χ3v) is 1.89. The zero-order chi connectivity index (χ0) is 7.28. The van der Waals surface area contributed by atoms with Crippen LogP contribution in [0.2, 0.25) is 0 Å². The van der Waals surface area contributed by atoms with Crippen molar-refractivity contribution < 1.29 is 4.43 Å². The van der Waals surface area contributed by atoms with E-state index in [1.165, 1.54) is 6.42 Å². The molecule has 0 bridgehead atoms. The zero-order valence-corrected chi connectivity index (χ0v) is 8.85. The van der Waals surface area contributed by atoms with E-state index in [4.69, 9.17) is 4.43 Å². The minimum Gasteiger partial charge on any atom is -0.426 e. The van der Waals surface area contributed by atoms with Gasteiger partial charge in [-0.05, 0) is 20.5 Å². The molecule has 0 N–H and O–H groups in total. The lowest BCUT2D eigenvalue weighted by Crippen LogP contribution is -2.31. The third kappa shape index (κ3) is 3.67. The molecule has 0 rings (SSSR count). The first kappa shape index (κ1) is 9.14. The van der Waals surface area contributed by atoms with Crippen LogP contribution >= 0.6 is 0 Å². The molecule has 9 heavy (non-hydrogen) atoms. The van der Waals surface area contributed by atoms with Crippen LogP contribution in [0.15, 0.2) is 0 Å². The Kier molecular flexibility index (Phi) is 5.04. The molecule has 0 aliphatic rings. The van der Waals surface area contributed by atoms with E-state index in [2.05, 4.69) is 25.9 Å². The summed E-state index contributed by atoms with van der Waals surface area (Å²) in [6.45, 7) is 3.08. The lowest BCUT2D eigenvalue weighted by molar-refractivity contribution is 0.191. The SMILES string of the molecule is CCC(CO[SiH3])N(C)C. The molecule has 0 heterocycles. The molecule has 3 heteroatoms. The smallest absolute Gasteiger partial charge is 0.146 e. The van der Waals surface area contributed by atoms with Gasteiger partial charge in [0.15, 0.2) is 0 Å². The van der Waals surface area contributed by atoms with Gasteiger partial charge in [-0.15, -0.1) is 0 Å². The average Bonchev–Trinajstić information content (AvgIpc) is 1.82. The Morgan fingerprint density at radius 3 is 2.22 bits per heavy atom. The Hall–Kier alpha value is 0.137. The Labute approximate surface area is 60.7 Å². The Bertz CT molecular complexity index is 68.1. The van der Waals surface area contributed by atoms with Crippen molar-refractivity contribution in [3.05, 3.63) is 0 Å². The second-order valence-electron chi connectivity index (χ2n) is 2.48. The molecule has 0 fully saturated rings. The van der Waals surface area contributed by atoms with Crippen LogP contribution in [0.25, 0.3) is 0 Å². The van der Waals surface area contributed by atoms with E-state index < -0.39 is 0 Å². The Morgan fingerprint density at radius 2 is 2.11 bits per heavy atom. The highest BCUT2D eigenvalue weighted by molar-refractivity contribution is 5.97. The maximum atomic E-state index is 5.15. The molecule has 56 valence electrons. The van der Waals surface area contributed by atoms with Crippen molar-refractivity contribution in [1.29, 1.82) is 0 Å². The van der Waals surface area contributed by atoms with Crippen molar-refractivity contribution in [2.24, 2.45) is 0 Å². The Morgan fingerprint density at radius 1 is 1.56 bits per heavy atom. The largest absolute Gasteiger partial charge is 0.426 e. The van der Waals surface area contributed by atoms with Crippen molar-refractivity contribution >= 4 is 10.5 Å². The van der Waals surface area contributed by atoms with Crippen molar-refractivity contribution in [1.82, 2.24) is 4.90 Å². The lowest BCUT2D eigenvalue weighted by atomic mass is 10.2. The highest BCUT2D eigenvalue weighted by Gasteiger charge is 2.05. The summed E-state index contributed by atoms with van der Waals surface area (Å²) >= 11 is 0. The summed E-state index contributed by atoms with van der Waals surface area (Å²) < 4.78 is 5.15. The van der Waals surface area contributed by atoms with Crippen molar-refractivity contribution in [2.45, 2.75) is 19.4 Å². The zero-order valence-electron chi connectivity index (χ0n) is 6.85. The average molecular weight is 147 g/mol. The normalized spacial score (nSPS) is 14.7. The number of hydrogen-bond acceptors (Lipinski definition) is 2. The molecule has 0 radical (unpaired) electrons. The van der Waals surface area contributed by atoms with Crippen LogP contribution in [0, 0.1) is 0 Å². The van der Waals surface area contributed by atoms with E-state index in [9.17, 15) is 0 Å². The number of nitrogens with zero attached hydrogens (tertiary/aromatic N) is 1. The number of hydrogen-bond donors (Lipinski definition) is 0. The molecule has 1 unspecified atom stereocenters. The molecule has 0 aliphatic carbocycles. The first-order valence-corrected chi connectivity index (χ1v) is 4.19. The monoisotopic (exact) mass is 147 g/mol. The minimum atomic E-state index is 0.613. The highest BCUT2D eigenvalue weighted by atomic mass is 28.2. The van der Waals surface area contributed by atoms with Gasteiger partial charge in [0.2, 0.25) is 0 Å². The molecule has 0 aliphatic heterocycles. The van der Waals surface area contributed by atoms with Crippen molar-refractivity contribution in [3.8, 4) is 0 Å². The topological polar surface area (TPSA) is 12.5 Å². The molecule has 0 saturated heterocycles. The van der Waals surface area contributed by atoms with Gasteiger partial charge in [0.05, 0.1) is 0 Å². The molecule has 1 atom stereocenters. The minimum absolute atomic E-state index is 0.613.